The van der Waals surface area contributed by atoms with Gasteiger partial charge in [-0.2, -0.15) is 0 Å². The summed E-state index contributed by atoms with van der Waals surface area (Å²) in [6, 6.07) is 46.7. The molecule has 3 aliphatic carbocycles. The van der Waals surface area contributed by atoms with Gasteiger partial charge in [0.15, 0.2) is 23.0 Å². The van der Waals surface area contributed by atoms with Crippen LogP contribution in [-0.2, 0) is 17.3 Å². The number of benzene rings is 6. The van der Waals surface area contributed by atoms with Crippen LogP contribution in [0.25, 0.3) is 22.3 Å². The van der Waals surface area contributed by atoms with Gasteiger partial charge in [0.1, 0.15) is 5.84 Å². The average Bonchev–Trinajstić information content (AvgIpc) is 3.60. The lowest BCUT2D eigenvalue weighted by molar-refractivity contribution is 0.361. The van der Waals surface area contributed by atoms with Crippen LogP contribution in [0.1, 0.15) is 67.0 Å². The van der Waals surface area contributed by atoms with Crippen molar-refractivity contribution in [2.45, 2.75) is 50.9 Å². The minimum absolute atomic E-state index is 0.0931. The number of allylic oxidation sites excluding steroid dienone is 4. The Balaban J connectivity index is 0.000000348. The highest BCUT2D eigenvalue weighted by atomic mass is 16.6. The Kier molecular flexibility index (Phi) is 8.38. The van der Waals surface area contributed by atoms with Gasteiger partial charge in [0.05, 0.1) is 0 Å². The summed E-state index contributed by atoms with van der Waals surface area (Å²) in [5.41, 5.74) is 19.4. The molecule has 10 rings (SSSR count). The topological polar surface area (TPSA) is 56.8 Å². The highest BCUT2D eigenvalue weighted by molar-refractivity contribution is 5.97. The van der Waals surface area contributed by atoms with Gasteiger partial charge >= 0.3 is 0 Å². The van der Waals surface area contributed by atoms with Crippen molar-refractivity contribution in [1.29, 1.82) is 0 Å². The zero-order chi connectivity index (χ0) is 37.9. The first-order valence-electron chi connectivity index (χ1n) is 19.3. The lowest BCUT2D eigenvalue weighted by Crippen LogP contribution is -2.25. The van der Waals surface area contributed by atoms with E-state index in [1.807, 2.05) is 36.4 Å². The van der Waals surface area contributed by atoms with Crippen molar-refractivity contribution in [3.8, 4) is 45.3 Å². The molecule has 0 saturated heterocycles. The summed E-state index contributed by atoms with van der Waals surface area (Å²) in [5, 5.41) is 0. The summed E-state index contributed by atoms with van der Waals surface area (Å²) in [6.07, 6.45) is 8.19. The Hall–Kier alpha value is -6.13. The van der Waals surface area contributed by atoms with Crippen LogP contribution in [0.2, 0.25) is 0 Å². The Morgan fingerprint density at radius 1 is 0.636 bits per heavy atom. The fourth-order valence-corrected chi connectivity index (χ4v) is 9.32. The van der Waals surface area contributed by atoms with Gasteiger partial charge in [-0.1, -0.05) is 167 Å². The van der Waals surface area contributed by atoms with Crippen molar-refractivity contribution < 1.29 is 9.47 Å². The first-order chi connectivity index (χ1) is 26.7. The average molecular weight is 719 g/mol. The largest absolute Gasteiger partial charge is 0.449 e. The first kappa shape index (κ1) is 34.6. The van der Waals surface area contributed by atoms with E-state index < -0.39 is 0 Å². The number of hydrogen-bond acceptors (Lipinski definition) is 3. The minimum Gasteiger partial charge on any atom is -0.449 e. The Labute approximate surface area is 324 Å². The molecular weight excluding hydrogens is 673 g/mol. The molecule has 6 aromatic rings. The van der Waals surface area contributed by atoms with Gasteiger partial charge < -0.3 is 15.2 Å². The normalized spacial score (nSPS) is 18.8. The van der Waals surface area contributed by atoms with Crippen molar-refractivity contribution in [3.05, 3.63) is 191 Å². The molecule has 0 bridgehead atoms. The van der Waals surface area contributed by atoms with E-state index in [0.717, 1.165) is 46.1 Å². The molecule has 4 nitrogen and oxygen atoms in total. The lowest BCUT2D eigenvalue weighted by atomic mass is 9.73. The molecule has 2 atom stereocenters. The van der Waals surface area contributed by atoms with E-state index in [1.54, 1.807) is 7.05 Å². The second-order valence-corrected chi connectivity index (χ2v) is 16.1. The van der Waals surface area contributed by atoms with E-state index in [2.05, 4.69) is 148 Å². The third-order valence-electron chi connectivity index (χ3n) is 12.2. The van der Waals surface area contributed by atoms with Crippen molar-refractivity contribution in [2.75, 3.05) is 7.05 Å². The number of rotatable bonds is 4. The Morgan fingerprint density at radius 2 is 1.29 bits per heavy atom. The molecular formula is C51H46N2O2. The lowest BCUT2D eigenvalue weighted by Gasteiger charge is -2.31. The van der Waals surface area contributed by atoms with E-state index in [0.29, 0.717) is 17.7 Å². The number of fused-ring (bicyclic) bond motifs is 9. The molecule has 0 fully saturated rings. The summed E-state index contributed by atoms with van der Waals surface area (Å²) in [7, 11) is 1.68. The smallest absolute Gasteiger partial charge is 0.178 e. The zero-order valence-corrected chi connectivity index (χ0v) is 32.1. The van der Waals surface area contributed by atoms with Gasteiger partial charge in [-0.05, 0) is 74.4 Å². The second-order valence-electron chi connectivity index (χ2n) is 16.1. The molecule has 6 aromatic carbocycles. The summed E-state index contributed by atoms with van der Waals surface area (Å²) in [5.74, 6) is 4.61. The molecule has 1 aliphatic heterocycles. The monoisotopic (exact) mass is 718 g/mol. The summed E-state index contributed by atoms with van der Waals surface area (Å²) < 4.78 is 13.6. The molecule has 55 heavy (non-hydrogen) atoms. The third-order valence-corrected chi connectivity index (χ3v) is 12.2. The van der Waals surface area contributed by atoms with Crippen molar-refractivity contribution >= 4 is 5.84 Å². The minimum atomic E-state index is -0.0931. The number of aliphatic imine (C=N–C) groups is 1. The van der Waals surface area contributed by atoms with Gasteiger partial charge in [0.25, 0.3) is 0 Å². The molecule has 0 spiro atoms. The maximum Gasteiger partial charge on any atom is 0.178 e. The highest BCUT2D eigenvalue weighted by Gasteiger charge is 2.45. The van der Waals surface area contributed by atoms with Gasteiger partial charge in [-0.3, -0.25) is 4.99 Å². The number of nitrogens with two attached hydrogens (primary N) is 1. The maximum absolute atomic E-state index is 6.78. The number of para-hydroxylation sites is 1. The summed E-state index contributed by atoms with van der Waals surface area (Å²) in [6.45, 7) is 9.39. The van der Waals surface area contributed by atoms with Crippen LogP contribution in [0.4, 0.5) is 0 Å². The summed E-state index contributed by atoms with van der Waals surface area (Å²) >= 11 is 0. The SMILES string of the molecule is CC1(C)c2ccccc2-c2c1ccc1c2Oc2cccc(-c3ccccc3CC3=CC4C(C=C3)c3ccccc3C4(C)C)c2O1.CN=C(N)c1ccccc1. The predicted molar refractivity (Wildman–Crippen MR) is 226 cm³/mol. The summed E-state index contributed by atoms with van der Waals surface area (Å²) in [4.78, 5) is 3.85. The molecule has 2 N–H and O–H groups in total. The van der Waals surface area contributed by atoms with Crippen molar-refractivity contribution in [1.82, 2.24) is 0 Å². The Morgan fingerprint density at radius 3 is 2.09 bits per heavy atom. The molecule has 0 radical (unpaired) electrons. The fourth-order valence-electron chi connectivity index (χ4n) is 9.32. The van der Waals surface area contributed by atoms with Gasteiger partial charge in [0, 0.05) is 35.1 Å². The van der Waals surface area contributed by atoms with E-state index in [1.165, 1.54) is 44.5 Å². The zero-order valence-electron chi connectivity index (χ0n) is 32.1. The molecule has 1 heterocycles. The van der Waals surface area contributed by atoms with Crippen LogP contribution >= 0.6 is 0 Å². The van der Waals surface area contributed by atoms with Crippen LogP contribution in [0, 0.1) is 5.92 Å². The van der Waals surface area contributed by atoms with E-state index in [9.17, 15) is 0 Å². The van der Waals surface area contributed by atoms with E-state index in [4.69, 9.17) is 15.2 Å². The second kappa shape index (κ2) is 13.3. The van der Waals surface area contributed by atoms with Crippen LogP contribution in [0.15, 0.2) is 162 Å². The molecule has 272 valence electrons. The third kappa shape index (κ3) is 5.71. The Bertz CT molecular complexity index is 2560. The standard InChI is InChI=1S/C43H36O2.C8H10N2/c1-42(2)34-18-10-8-15-32(34)39-35(42)22-23-38-41(39)45-37-19-11-16-31(40(37)44-38)28-13-6-5-12-27(28)24-26-20-21-30-29-14-7-9-17-33(29)43(3,4)36(30)25-26;1-10-8(9)7-5-3-2-4-6-7/h5-23,25,30,36H,24H2,1-4H3;2-6H,1H3,(H2,9,10). The van der Waals surface area contributed by atoms with Crippen molar-refractivity contribution in [3.63, 3.8) is 0 Å². The van der Waals surface area contributed by atoms with Crippen LogP contribution in [0.3, 0.4) is 0 Å². The quantitative estimate of drug-likeness (QED) is 0.146. The van der Waals surface area contributed by atoms with E-state index in [-0.39, 0.29) is 10.8 Å². The van der Waals surface area contributed by atoms with Gasteiger partial charge in [-0.15, -0.1) is 0 Å². The molecule has 4 heteroatoms. The van der Waals surface area contributed by atoms with Crippen LogP contribution in [0.5, 0.6) is 23.0 Å². The number of amidine groups is 1. The number of hydrogen-bond donors (Lipinski definition) is 1. The van der Waals surface area contributed by atoms with Gasteiger partial charge in [0.2, 0.25) is 0 Å². The van der Waals surface area contributed by atoms with E-state index >= 15 is 0 Å². The maximum atomic E-state index is 6.78. The predicted octanol–water partition coefficient (Wildman–Crippen LogP) is 12.3. The molecule has 2 unspecified atom stereocenters. The van der Waals surface area contributed by atoms with Gasteiger partial charge in [-0.25, -0.2) is 0 Å². The molecule has 0 aromatic heterocycles. The fraction of sp³-hybridized carbons (Fsp3) is 0.196. The van der Waals surface area contributed by atoms with Crippen molar-refractivity contribution in [2.24, 2.45) is 16.6 Å². The molecule has 0 saturated carbocycles. The molecule has 4 aliphatic rings. The van der Waals surface area contributed by atoms with Crippen LogP contribution < -0.4 is 15.2 Å². The first-order valence-corrected chi connectivity index (χ1v) is 19.3. The van der Waals surface area contributed by atoms with Crippen LogP contribution in [-0.4, -0.2) is 12.9 Å². The number of ether oxygens (including phenoxy) is 2. The number of nitrogens with zero attached hydrogens (tertiary/aromatic N) is 1. The highest BCUT2D eigenvalue weighted by Crippen LogP contribution is 2.59. The molecule has 0 amide bonds.